The fourth-order valence-corrected chi connectivity index (χ4v) is 6.11. The van der Waals surface area contributed by atoms with E-state index in [2.05, 4.69) is 17.1 Å². The lowest BCUT2D eigenvalue weighted by atomic mass is 9.75. The number of halogens is 1. The van der Waals surface area contributed by atoms with Gasteiger partial charge in [0.15, 0.2) is 0 Å². The molecular weight excluding hydrogens is 429 g/mol. The second kappa shape index (κ2) is 8.20. The van der Waals surface area contributed by atoms with Gasteiger partial charge in [-0.2, -0.15) is 0 Å². The van der Waals surface area contributed by atoms with Gasteiger partial charge in [0.05, 0.1) is 30.4 Å². The minimum Gasteiger partial charge on any atom is -0.393 e. The van der Waals surface area contributed by atoms with E-state index in [1.165, 1.54) is 11.6 Å². The molecule has 0 saturated heterocycles. The number of aliphatic hydroxyl groups is 1. The van der Waals surface area contributed by atoms with Crippen molar-refractivity contribution in [3.8, 4) is 11.3 Å². The Hall–Kier alpha value is -3.25. The SMILES string of the molecule is Cn1ccc2cc(C3CCC(C(O)CC4c5c(F)cccc5-c5cncn54)CC3)ccc2c1=O. The van der Waals surface area contributed by atoms with Gasteiger partial charge in [0, 0.05) is 29.8 Å². The summed E-state index contributed by atoms with van der Waals surface area (Å²) in [5.74, 6) is 0.418. The van der Waals surface area contributed by atoms with Crippen LogP contribution < -0.4 is 5.56 Å². The van der Waals surface area contributed by atoms with Gasteiger partial charge in [-0.3, -0.25) is 4.79 Å². The summed E-state index contributed by atoms with van der Waals surface area (Å²) in [6.45, 7) is 0. The zero-order chi connectivity index (χ0) is 23.4. The third kappa shape index (κ3) is 3.40. The minimum atomic E-state index is -0.494. The number of benzene rings is 2. The highest BCUT2D eigenvalue weighted by molar-refractivity contribution is 5.82. The molecule has 0 amide bonds. The number of hydrogen-bond donors (Lipinski definition) is 1. The molecule has 0 bridgehead atoms. The van der Waals surface area contributed by atoms with E-state index in [0.717, 1.165) is 47.7 Å². The topological polar surface area (TPSA) is 60.0 Å². The number of aromatic nitrogens is 3. The molecule has 2 unspecified atom stereocenters. The molecule has 0 radical (unpaired) electrons. The number of fused-ring (bicyclic) bond motifs is 4. The third-order valence-corrected chi connectivity index (χ3v) is 8.02. The molecule has 2 aliphatic rings. The molecule has 1 aliphatic heterocycles. The molecule has 2 atom stereocenters. The molecule has 34 heavy (non-hydrogen) atoms. The van der Waals surface area contributed by atoms with Gasteiger partial charge in [0.25, 0.3) is 5.56 Å². The second-order valence-corrected chi connectivity index (χ2v) is 9.90. The van der Waals surface area contributed by atoms with Crippen LogP contribution in [-0.4, -0.2) is 25.3 Å². The number of imidazole rings is 1. The quantitative estimate of drug-likeness (QED) is 0.460. The van der Waals surface area contributed by atoms with Gasteiger partial charge in [-0.15, -0.1) is 0 Å². The summed E-state index contributed by atoms with van der Waals surface area (Å²) in [5, 5.41) is 12.9. The maximum Gasteiger partial charge on any atom is 0.258 e. The van der Waals surface area contributed by atoms with Crippen molar-refractivity contribution >= 4 is 10.8 Å². The van der Waals surface area contributed by atoms with E-state index >= 15 is 0 Å². The van der Waals surface area contributed by atoms with E-state index in [9.17, 15) is 14.3 Å². The molecule has 3 heterocycles. The Bertz CT molecular complexity index is 1430. The molecule has 0 spiro atoms. The Kier molecular flexibility index (Phi) is 5.14. The number of aryl methyl sites for hydroxylation is 1. The maximum absolute atomic E-state index is 14.7. The van der Waals surface area contributed by atoms with E-state index in [1.807, 2.05) is 29.0 Å². The molecule has 2 aromatic carbocycles. The van der Waals surface area contributed by atoms with Gasteiger partial charge in [0.1, 0.15) is 5.82 Å². The van der Waals surface area contributed by atoms with E-state index in [-0.39, 0.29) is 23.3 Å². The van der Waals surface area contributed by atoms with Crippen LogP contribution in [-0.2, 0) is 7.05 Å². The van der Waals surface area contributed by atoms with E-state index in [4.69, 9.17) is 0 Å². The van der Waals surface area contributed by atoms with Crippen LogP contribution in [0.25, 0.3) is 22.0 Å². The predicted molar refractivity (Wildman–Crippen MR) is 130 cm³/mol. The number of rotatable bonds is 4. The van der Waals surface area contributed by atoms with Crippen LogP contribution >= 0.6 is 0 Å². The average Bonchev–Trinajstić information content (AvgIpc) is 3.44. The zero-order valence-corrected chi connectivity index (χ0v) is 19.2. The third-order valence-electron chi connectivity index (χ3n) is 8.02. The van der Waals surface area contributed by atoms with Crippen molar-refractivity contribution in [2.45, 2.75) is 50.2 Å². The summed E-state index contributed by atoms with van der Waals surface area (Å²) in [6.07, 6.45) is 9.22. The molecule has 1 fully saturated rings. The molecular formula is C28H28FN3O2. The smallest absolute Gasteiger partial charge is 0.258 e. The first-order valence-electron chi connectivity index (χ1n) is 12.1. The number of hydrogen-bond acceptors (Lipinski definition) is 3. The second-order valence-electron chi connectivity index (χ2n) is 9.90. The fourth-order valence-electron chi connectivity index (χ4n) is 6.11. The highest BCUT2D eigenvalue weighted by Gasteiger charge is 2.35. The summed E-state index contributed by atoms with van der Waals surface area (Å²) in [6, 6.07) is 13.1. The van der Waals surface area contributed by atoms with Crippen molar-refractivity contribution < 1.29 is 9.50 Å². The van der Waals surface area contributed by atoms with Crippen LogP contribution in [0.3, 0.4) is 0 Å². The van der Waals surface area contributed by atoms with Gasteiger partial charge >= 0.3 is 0 Å². The number of pyridine rings is 1. The molecule has 2 aromatic heterocycles. The van der Waals surface area contributed by atoms with Crippen LogP contribution in [0.5, 0.6) is 0 Å². The molecule has 1 N–H and O–H groups in total. The van der Waals surface area contributed by atoms with E-state index in [1.54, 1.807) is 30.2 Å². The molecule has 4 aromatic rings. The lowest BCUT2D eigenvalue weighted by Gasteiger charge is -2.33. The van der Waals surface area contributed by atoms with E-state index < -0.39 is 6.10 Å². The minimum absolute atomic E-state index is 0.0295. The van der Waals surface area contributed by atoms with Crippen LogP contribution in [0, 0.1) is 11.7 Å². The van der Waals surface area contributed by atoms with Gasteiger partial charge in [-0.1, -0.05) is 24.3 Å². The first kappa shape index (κ1) is 21.3. The monoisotopic (exact) mass is 457 g/mol. The predicted octanol–water partition coefficient (Wildman–Crippen LogP) is 5.17. The van der Waals surface area contributed by atoms with Crippen LogP contribution in [0.2, 0.25) is 0 Å². The van der Waals surface area contributed by atoms with Crippen molar-refractivity contribution in [2.24, 2.45) is 13.0 Å². The van der Waals surface area contributed by atoms with E-state index in [0.29, 0.717) is 17.9 Å². The average molecular weight is 458 g/mol. The van der Waals surface area contributed by atoms with Crippen molar-refractivity contribution in [1.29, 1.82) is 0 Å². The van der Waals surface area contributed by atoms with Crippen LogP contribution in [0.4, 0.5) is 4.39 Å². The summed E-state index contributed by atoms with van der Waals surface area (Å²) < 4.78 is 18.3. The zero-order valence-electron chi connectivity index (χ0n) is 19.2. The Morgan fingerprint density at radius 3 is 2.79 bits per heavy atom. The van der Waals surface area contributed by atoms with Gasteiger partial charge in [0.2, 0.25) is 0 Å². The van der Waals surface area contributed by atoms with Gasteiger partial charge in [-0.25, -0.2) is 9.37 Å². The molecule has 5 nitrogen and oxygen atoms in total. The lowest BCUT2D eigenvalue weighted by molar-refractivity contribution is 0.0650. The fraction of sp³-hybridized carbons (Fsp3) is 0.357. The van der Waals surface area contributed by atoms with Gasteiger partial charge in [-0.05, 0) is 73.1 Å². The Morgan fingerprint density at radius 1 is 1.15 bits per heavy atom. The van der Waals surface area contributed by atoms with Crippen molar-refractivity contribution in [3.63, 3.8) is 0 Å². The summed E-state index contributed by atoms with van der Waals surface area (Å²) in [4.78, 5) is 16.6. The highest BCUT2D eigenvalue weighted by atomic mass is 19.1. The standard InChI is InChI=1S/C28H28FN3O2/c1-31-12-11-20-13-19(9-10-21(20)28(31)34)17-5-7-18(8-6-17)26(33)14-24-27-22(3-2-4-23(27)29)25-15-30-16-32(24)25/h2-4,9-13,15-18,24,26,33H,5-8,14H2,1H3. The van der Waals surface area contributed by atoms with Gasteiger partial charge < -0.3 is 14.2 Å². The number of nitrogens with zero attached hydrogens (tertiary/aromatic N) is 3. The van der Waals surface area contributed by atoms with Crippen molar-refractivity contribution in [1.82, 2.24) is 14.1 Å². The number of aliphatic hydroxyl groups excluding tert-OH is 1. The largest absolute Gasteiger partial charge is 0.393 e. The van der Waals surface area contributed by atoms with Crippen LogP contribution in [0.1, 0.15) is 55.2 Å². The molecule has 174 valence electrons. The highest BCUT2D eigenvalue weighted by Crippen LogP contribution is 2.45. The summed E-state index contributed by atoms with van der Waals surface area (Å²) in [5.41, 5.74) is 3.77. The Balaban J connectivity index is 1.16. The molecule has 6 rings (SSSR count). The molecule has 1 saturated carbocycles. The molecule has 1 aliphatic carbocycles. The first-order chi connectivity index (χ1) is 16.5. The normalized spacial score (nSPS) is 22.5. The van der Waals surface area contributed by atoms with Crippen LogP contribution in [0.15, 0.2) is 66.0 Å². The molecule has 6 heteroatoms. The maximum atomic E-state index is 14.7. The lowest BCUT2D eigenvalue weighted by Crippen LogP contribution is -2.28. The summed E-state index contributed by atoms with van der Waals surface area (Å²) >= 11 is 0. The summed E-state index contributed by atoms with van der Waals surface area (Å²) in [7, 11) is 1.77. The van der Waals surface area contributed by atoms with Crippen molar-refractivity contribution in [2.75, 3.05) is 0 Å². The Morgan fingerprint density at radius 2 is 1.97 bits per heavy atom. The first-order valence-corrected chi connectivity index (χ1v) is 12.1. The van der Waals surface area contributed by atoms with Crippen molar-refractivity contribution in [3.05, 3.63) is 88.5 Å². The Labute approximate surface area is 197 Å².